The Morgan fingerprint density at radius 2 is 2.31 bits per heavy atom. The predicted octanol–water partition coefficient (Wildman–Crippen LogP) is 2.83. The Morgan fingerprint density at radius 3 is 2.81 bits per heavy atom. The van der Waals surface area contributed by atoms with Crippen molar-refractivity contribution in [3.05, 3.63) is 24.0 Å². The third kappa shape index (κ3) is 2.01. The van der Waals surface area contributed by atoms with E-state index in [1.165, 1.54) is 13.2 Å². The molecule has 0 aliphatic heterocycles. The second-order valence-corrected chi connectivity index (χ2v) is 4.15. The van der Waals surface area contributed by atoms with Crippen LogP contribution in [0.3, 0.4) is 0 Å². The lowest BCUT2D eigenvalue weighted by atomic mass is 9.81. The Kier molecular flexibility index (Phi) is 4.20. The Hall–Kier alpha value is -1.20. The first-order valence-electron chi connectivity index (χ1n) is 5.26. The molecule has 1 atom stereocenters. The maximum Gasteiger partial charge on any atom is 0.207 e. The van der Waals surface area contributed by atoms with E-state index in [1.807, 2.05) is 0 Å². The number of ketones is 1. The van der Waals surface area contributed by atoms with Gasteiger partial charge < -0.3 is 4.74 Å². The molecule has 1 aliphatic rings. The molecule has 16 heavy (non-hydrogen) atoms. The van der Waals surface area contributed by atoms with E-state index in [-0.39, 0.29) is 5.78 Å². The zero-order chi connectivity index (χ0) is 12.2. The van der Waals surface area contributed by atoms with E-state index >= 15 is 0 Å². The number of ether oxygens (including phenoxy) is 1. The molecule has 0 saturated heterocycles. The van der Waals surface area contributed by atoms with Gasteiger partial charge in [-0.3, -0.25) is 4.79 Å². The van der Waals surface area contributed by atoms with Gasteiger partial charge in [0.05, 0.1) is 7.11 Å². The minimum Gasteiger partial charge on any atom is -0.497 e. The van der Waals surface area contributed by atoms with Gasteiger partial charge in [-0.1, -0.05) is 42.9 Å². The second kappa shape index (κ2) is 5.23. The fourth-order valence-electron chi connectivity index (χ4n) is 1.47. The third-order valence-electron chi connectivity index (χ3n) is 2.47. The highest BCUT2D eigenvalue weighted by atomic mass is 35.5. The lowest BCUT2D eigenvalue weighted by Gasteiger charge is -2.32. The Morgan fingerprint density at radius 1 is 1.62 bits per heavy atom. The van der Waals surface area contributed by atoms with E-state index in [9.17, 15) is 4.79 Å². The van der Waals surface area contributed by atoms with Crippen LogP contribution in [0, 0.1) is 11.8 Å². The first kappa shape index (κ1) is 12.9. The van der Waals surface area contributed by atoms with E-state index in [4.69, 9.17) is 16.3 Å². The average Bonchev–Trinajstić information content (AvgIpc) is 2.31. The summed E-state index contributed by atoms with van der Waals surface area (Å²) in [6, 6.07) is 0. The Balaban J connectivity index is 2.87. The fourth-order valence-corrected chi connectivity index (χ4v) is 1.74. The summed E-state index contributed by atoms with van der Waals surface area (Å²) in [7, 11) is 1.48. The summed E-state index contributed by atoms with van der Waals surface area (Å²) < 4.78 is 5.09. The lowest BCUT2D eigenvalue weighted by Crippen LogP contribution is -2.44. The average molecular weight is 239 g/mol. The Bertz CT molecular complexity index is 398. The molecular formula is C13H15ClO2. The number of halogens is 1. The van der Waals surface area contributed by atoms with Crippen LogP contribution in [0.1, 0.15) is 26.2 Å². The maximum absolute atomic E-state index is 11.7. The minimum atomic E-state index is -1.19. The van der Waals surface area contributed by atoms with Crippen molar-refractivity contribution in [3.8, 4) is 11.8 Å². The van der Waals surface area contributed by atoms with Crippen molar-refractivity contribution in [2.45, 2.75) is 31.1 Å². The molecule has 1 rings (SSSR count). The quantitative estimate of drug-likeness (QED) is 0.326. The molecule has 0 spiro atoms. The molecule has 2 nitrogen and oxygen atoms in total. The largest absolute Gasteiger partial charge is 0.497 e. The molecule has 0 aromatic carbocycles. The SMILES string of the molecule is C=CC1(Cl)C(=O)C(C#CCCCC)=C1OC. The molecule has 86 valence electrons. The van der Waals surface area contributed by atoms with Gasteiger partial charge in [-0.25, -0.2) is 0 Å². The van der Waals surface area contributed by atoms with Crippen LogP contribution in [0.25, 0.3) is 0 Å². The number of carbonyl (C=O) groups is 1. The minimum absolute atomic E-state index is 0.218. The molecular weight excluding hydrogens is 224 g/mol. The van der Waals surface area contributed by atoms with Crippen LogP contribution >= 0.6 is 11.6 Å². The molecule has 0 radical (unpaired) electrons. The number of carbonyl (C=O) groups excluding carboxylic acids is 1. The van der Waals surface area contributed by atoms with Crippen LogP contribution in [-0.2, 0) is 9.53 Å². The van der Waals surface area contributed by atoms with Gasteiger partial charge in [-0.05, 0) is 6.42 Å². The fraction of sp³-hybridized carbons (Fsp3) is 0.462. The molecule has 0 aromatic rings. The van der Waals surface area contributed by atoms with E-state index < -0.39 is 4.87 Å². The normalized spacial score (nSPS) is 23.3. The van der Waals surface area contributed by atoms with Crippen molar-refractivity contribution in [2.75, 3.05) is 7.11 Å². The van der Waals surface area contributed by atoms with Crippen molar-refractivity contribution in [1.82, 2.24) is 0 Å². The highest BCUT2D eigenvalue weighted by Crippen LogP contribution is 2.41. The van der Waals surface area contributed by atoms with Crippen LogP contribution in [0.15, 0.2) is 24.0 Å². The van der Waals surface area contributed by atoms with Crippen molar-refractivity contribution < 1.29 is 9.53 Å². The molecule has 0 saturated carbocycles. The van der Waals surface area contributed by atoms with E-state index in [0.29, 0.717) is 11.3 Å². The number of methoxy groups -OCH3 is 1. The number of Topliss-reactive ketones (excluding diaryl/α,β-unsaturated/α-hetero) is 1. The van der Waals surface area contributed by atoms with Gasteiger partial charge >= 0.3 is 0 Å². The van der Waals surface area contributed by atoms with Crippen LogP contribution in [-0.4, -0.2) is 17.8 Å². The highest BCUT2D eigenvalue weighted by molar-refractivity contribution is 6.46. The van der Waals surface area contributed by atoms with Crippen molar-refractivity contribution in [2.24, 2.45) is 0 Å². The number of rotatable bonds is 4. The van der Waals surface area contributed by atoms with E-state index in [0.717, 1.165) is 19.3 Å². The highest BCUT2D eigenvalue weighted by Gasteiger charge is 2.51. The second-order valence-electron chi connectivity index (χ2n) is 3.56. The molecule has 3 heteroatoms. The number of unbranched alkanes of at least 4 members (excludes halogenated alkanes) is 2. The standard InChI is InChI=1S/C13H15ClO2/c1-4-6-7-8-9-10-11(15)13(14,5-2)12(10)16-3/h5H,2,4,6-7H2,1,3H3. The van der Waals surface area contributed by atoms with Crippen molar-refractivity contribution >= 4 is 17.4 Å². The summed E-state index contributed by atoms with van der Waals surface area (Å²) in [4.78, 5) is 10.5. The van der Waals surface area contributed by atoms with E-state index in [1.54, 1.807) is 0 Å². The topological polar surface area (TPSA) is 26.3 Å². The summed E-state index contributed by atoms with van der Waals surface area (Å²) in [5.41, 5.74) is 0.383. The van der Waals surface area contributed by atoms with Crippen LogP contribution < -0.4 is 0 Å². The summed E-state index contributed by atoms with van der Waals surface area (Å²) in [6.45, 7) is 5.63. The number of alkyl halides is 1. The van der Waals surface area contributed by atoms with Gasteiger partial charge in [0.1, 0.15) is 11.3 Å². The van der Waals surface area contributed by atoms with Crippen LogP contribution in [0.4, 0.5) is 0 Å². The monoisotopic (exact) mass is 238 g/mol. The molecule has 1 unspecified atom stereocenters. The van der Waals surface area contributed by atoms with Gasteiger partial charge in [0.25, 0.3) is 0 Å². The first-order chi connectivity index (χ1) is 7.61. The predicted molar refractivity (Wildman–Crippen MR) is 65.1 cm³/mol. The van der Waals surface area contributed by atoms with Crippen molar-refractivity contribution in [1.29, 1.82) is 0 Å². The summed E-state index contributed by atoms with van der Waals surface area (Å²) in [5, 5.41) is 0. The molecule has 1 aliphatic carbocycles. The van der Waals surface area contributed by atoms with Gasteiger partial charge in [0, 0.05) is 6.42 Å². The van der Waals surface area contributed by atoms with Crippen LogP contribution in [0.5, 0.6) is 0 Å². The zero-order valence-electron chi connectivity index (χ0n) is 9.60. The smallest absolute Gasteiger partial charge is 0.207 e. The summed E-state index contributed by atoms with van der Waals surface area (Å²) in [5.74, 6) is 5.96. The third-order valence-corrected chi connectivity index (χ3v) is 2.97. The molecule has 0 aromatic heterocycles. The number of hydrogen-bond donors (Lipinski definition) is 0. The van der Waals surface area contributed by atoms with Gasteiger partial charge in [-0.2, -0.15) is 0 Å². The van der Waals surface area contributed by atoms with Gasteiger partial charge in [0.15, 0.2) is 4.87 Å². The Labute approximate surface area is 101 Å². The first-order valence-corrected chi connectivity index (χ1v) is 5.64. The number of hydrogen-bond acceptors (Lipinski definition) is 2. The molecule has 0 heterocycles. The maximum atomic E-state index is 11.7. The number of allylic oxidation sites excluding steroid dienone is 2. The molecule has 0 N–H and O–H groups in total. The summed E-state index contributed by atoms with van der Waals surface area (Å²) >= 11 is 6.03. The lowest BCUT2D eigenvalue weighted by molar-refractivity contribution is -0.119. The van der Waals surface area contributed by atoms with Gasteiger partial charge in [0.2, 0.25) is 5.78 Å². The summed E-state index contributed by atoms with van der Waals surface area (Å²) in [6.07, 6.45) is 4.29. The molecule has 0 amide bonds. The molecule has 0 bridgehead atoms. The van der Waals surface area contributed by atoms with E-state index in [2.05, 4.69) is 25.3 Å². The molecule has 0 fully saturated rings. The van der Waals surface area contributed by atoms with Gasteiger partial charge in [-0.15, -0.1) is 6.58 Å². The van der Waals surface area contributed by atoms with Crippen molar-refractivity contribution in [3.63, 3.8) is 0 Å². The zero-order valence-corrected chi connectivity index (χ0v) is 10.4. The van der Waals surface area contributed by atoms with Crippen LogP contribution in [0.2, 0.25) is 0 Å².